The monoisotopic (exact) mass is 473 g/mol. The van der Waals surface area contributed by atoms with E-state index in [4.69, 9.17) is 27.9 Å². The van der Waals surface area contributed by atoms with Gasteiger partial charge in [-0.1, -0.05) is 23.2 Å². The van der Waals surface area contributed by atoms with Crippen LogP contribution >= 0.6 is 23.2 Å². The minimum absolute atomic E-state index is 0.0434. The van der Waals surface area contributed by atoms with Crippen molar-refractivity contribution in [3.8, 4) is 22.6 Å². The van der Waals surface area contributed by atoms with E-state index < -0.39 is 10.0 Å². The zero-order chi connectivity index (χ0) is 21.8. The molecule has 0 saturated heterocycles. The highest BCUT2D eigenvalue weighted by atomic mass is 35.5. The van der Waals surface area contributed by atoms with E-state index in [2.05, 4.69) is 24.9 Å². The van der Waals surface area contributed by atoms with Crippen molar-refractivity contribution in [3.05, 3.63) is 83.5 Å². The maximum absolute atomic E-state index is 12.6. The highest BCUT2D eigenvalue weighted by molar-refractivity contribution is 7.92. The van der Waals surface area contributed by atoms with Crippen molar-refractivity contribution in [2.45, 2.75) is 4.90 Å². The first-order chi connectivity index (χ1) is 14.9. The molecule has 0 aliphatic carbocycles. The zero-order valence-electron chi connectivity index (χ0n) is 15.6. The van der Waals surface area contributed by atoms with Crippen LogP contribution in [0.1, 0.15) is 0 Å². The molecule has 4 aromatic rings. The van der Waals surface area contributed by atoms with Crippen molar-refractivity contribution in [2.24, 2.45) is 0 Å². The molecule has 31 heavy (non-hydrogen) atoms. The quantitative estimate of drug-likeness (QED) is 0.426. The van der Waals surface area contributed by atoms with Gasteiger partial charge in [0, 0.05) is 22.3 Å². The number of halogens is 2. The molecule has 0 bridgehead atoms. The summed E-state index contributed by atoms with van der Waals surface area (Å²) in [5, 5.41) is 8.27. The topological polar surface area (TPSA) is 107 Å². The number of benzene rings is 2. The highest BCUT2D eigenvalue weighted by Gasteiger charge is 2.18. The second-order valence-electron chi connectivity index (χ2n) is 6.17. The number of aromatic nitrogens is 4. The first kappa shape index (κ1) is 21.0. The van der Waals surface area contributed by atoms with Gasteiger partial charge in [0.2, 0.25) is 0 Å². The lowest BCUT2D eigenvalue weighted by Gasteiger charge is -2.14. The SMILES string of the molecule is O=S(=O)(Nc1ccncn1)c1ccc(Oc2ccc(Cl)cc2-c2ccnnc2)c(Cl)c1. The Hall–Kier alpha value is -3.27. The van der Waals surface area contributed by atoms with Gasteiger partial charge in [0.05, 0.1) is 22.3 Å². The lowest BCUT2D eigenvalue weighted by molar-refractivity contribution is 0.484. The maximum atomic E-state index is 12.6. The summed E-state index contributed by atoms with van der Waals surface area (Å²) in [5.74, 6) is 0.880. The van der Waals surface area contributed by atoms with Crippen molar-refractivity contribution in [3.63, 3.8) is 0 Å². The van der Waals surface area contributed by atoms with Crippen molar-refractivity contribution in [2.75, 3.05) is 4.72 Å². The van der Waals surface area contributed by atoms with Crippen LogP contribution < -0.4 is 9.46 Å². The zero-order valence-corrected chi connectivity index (χ0v) is 17.9. The van der Waals surface area contributed by atoms with Gasteiger partial charge in [-0.05, 0) is 48.5 Å². The van der Waals surface area contributed by atoms with Gasteiger partial charge < -0.3 is 4.74 Å². The van der Waals surface area contributed by atoms with Crippen LogP contribution in [-0.4, -0.2) is 28.6 Å². The van der Waals surface area contributed by atoms with E-state index in [0.29, 0.717) is 16.3 Å². The Kier molecular flexibility index (Phi) is 5.99. The number of sulfonamides is 1. The lowest BCUT2D eigenvalue weighted by Crippen LogP contribution is -2.13. The molecule has 2 aromatic heterocycles. The smallest absolute Gasteiger partial charge is 0.263 e. The minimum Gasteiger partial charge on any atom is -0.455 e. The number of hydrogen-bond donors (Lipinski definition) is 1. The molecule has 0 saturated carbocycles. The van der Waals surface area contributed by atoms with Gasteiger partial charge in [-0.25, -0.2) is 18.4 Å². The fourth-order valence-electron chi connectivity index (χ4n) is 2.66. The number of nitrogens with zero attached hydrogens (tertiary/aromatic N) is 4. The molecule has 8 nitrogen and oxygen atoms in total. The summed E-state index contributed by atoms with van der Waals surface area (Å²) in [7, 11) is -3.90. The second-order valence-corrected chi connectivity index (χ2v) is 8.69. The second kappa shape index (κ2) is 8.84. The third kappa shape index (κ3) is 4.91. The number of anilines is 1. The van der Waals surface area contributed by atoms with Crippen LogP contribution in [0, 0.1) is 0 Å². The maximum Gasteiger partial charge on any atom is 0.263 e. The van der Waals surface area contributed by atoms with Crippen LogP contribution in [0.25, 0.3) is 11.1 Å². The fourth-order valence-corrected chi connectivity index (χ4v) is 4.15. The molecule has 2 heterocycles. The Morgan fingerprint density at radius 2 is 1.74 bits per heavy atom. The summed E-state index contributed by atoms with van der Waals surface area (Å²) in [4.78, 5) is 7.56. The molecule has 11 heteroatoms. The molecule has 0 spiro atoms. The lowest BCUT2D eigenvalue weighted by atomic mass is 10.1. The van der Waals surface area contributed by atoms with Crippen LogP contribution in [0.4, 0.5) is 5.82 Å². The van der Waals surface area contributed by atoms with Crippen LogP contribution in [-0.2, 0) is 10.0 Å². The van der Waals surface area contributed by atoms with Crippen molar-refractivity contribution >= 4 is 39.0 Å². The normalized spacial score (nSPS) is 11.2. The first-order valence-electron chi connectivity index (χ1n) is 8.75. The summed E-state index contributed by atoms with van der Waals surface area (Å²) in [5.41, 5.74) is 1.43. The Morgan fingerprint density at radius 1 is 0.903 bits per heavy atom. The average molecular weight is 474 g/mol. The van der Waals surface area contributed by atoms with E-state index in [-0.39, 0.29) is 21.5 Å². The third-order valence-electron chi connectivity index (χ3n) is 4.09. The van der Waals surface area contributed by atoms with Crippen molar-refractivity contribution in [1.29, 1.82) is 0 Å². The van der Waals surface area contributed by atoms with Gasteiger partial charge in [-0.3, -0.25) is 4.72 Å². The Bertz CT molecular complexity index is 1320. The molecule has 4 rings (SSSR count). The van der Waals surface area contributed by atoms with E-state index in [1.807, 2.05) is 0 Å². The average Bonchev–Trinajstić information content (AvgIpc) is 2.77. The number of ether oxygens (including phenoxy) is 1. The molecule has 0 fully saturated rings. The molecule has 0 atom stereocenters. The molecule has 156 valence electrons. The number of hydrogen-bond acceptors (Lipinski definition) is 7. The largest absolute Gasteiger partial charge is 0.455 e. The molecule has 0 aliphatic heterocycles. The van der Waals surface area contributed by atoms with E-state index in [0.717, 1.165) is 5.56 Å². The van der Waals surface area contributed by atoms with E-state index >= 15 is 0 Å². The summed E-state index contributed by atoms with van der Waals surface area (Å²) >= 11 is 12.5. The van der Waals surface area contributed by atoms with Crippen molar-refractivity contribution in [1.82, 2.24) is 20.2 Å². The summed E-state index contributed by atoms with van der Waals surface area (Å²) in [6.07, 6.45) is 5.80. The van der Waals surface area contributed by atoms with Gasteiger partial charge in [0.1, 0.15) is 23.6 Å². The van der Waals surface area contributed by atoms with E-state index in [9.17, 15) is 8.42 Å². The van der Waals surface area contributed by atoms with Gasteiger partial charge in [-0.15, -0.1) is 0 Å². The van der Waals surface area contributed by atoms with Gasteiger partial charge in [-0.2, -0.15) is 10.2 Å². The van der Waals surface area contributed by atoms with Crippen molar-refractivity contribution < 1.29 is 13.2 Å². The predicted molar refractivity (Wildman–Crippen MR) is 117 cm³/mol. The summed E-state index contributed by atoms with van der Waals surface area (Å²) in [6.45, 7) is 0. The Labute approximate surface area is 187 Å². The molecular weight excluding hydrogens is 461 g/mol. The standard InChI is InChI=1S/C20H13Cl2N5O3S/c21-14-1-3-18(16(9-14)13-5-8-25-26-11-13)30-19-4-2-15(10-17(19)22)31(28,29)27-20-6-7-23-12-24-20/h1-12H,(H,23,24,27). The summed E-state index contributed by atoms with van der Waals surface area (Å²) < 4.78 is 33.5. The van der Waals surface area contributed by atoms with Crippen LogP contribution in [0.2, 0.25) is 10.0 Å². The third-order valence-corrected chi connectivity index (χ3v) is 5.97. The van der Waals surface area contributed by atoms with E-state index in [1.54, 1.807) is 36.7 Å². The number of rotatable bonds is 6. The van der Waals surface area contributed by atoms with Gasteiger partial charge in [0.15, 0.2) is 0 Å². The molecule has 1 N–H and O–H groups in total. The van der Waals surface area contributed by atoms with Crippen LogP contribution in [0.3, 0.4) is 0 Å². The van der Waals surface area contributed by atoms with Crippen LogP contribution in [0.15, 0.2) is 78.3 Å². The first-order valence-corrected chi connectivity index (χ1v) is 11.0. The molecule has 0 unspecified atom stereocenters. The minimum atomic E-state index is -3.90. The van der Waals surface area contributed by atoms with E-state index in [1.165, 1.54) is 36.8 Å². The van der Waals surface area contributed by atoms with Gasteiger partial charge >= 0.3 is 0 Å². The Morgan fingerprint density at radius 3 is 2.45 bits per heavy atom. The highest BCUT2D eigenvalue weighted by Crippen LogP contribution is 2.38. The molecule has 0 aliphatic rings. The summed E-state index contributed by atoms with van der Waals surface area (Å²) in [6, 6.07) is 12.4. The molecule has 0 radical (unpaired) electrons. The Balaban J connectivity index is 1.63. The fraction of sp³-hybridized carbons (Fsp3) is 0. The molecule has 2 aromatic carbocycles. The van der Waals surface area contributed by atoms with Gasteiger partial charge in [0.25, 0.3) is 10.0 Å². The molecule has 0 amide bonds. The molecular formula is C20H13Cl2N5O3S. The predicted octanol–water partition coefficient (Wildman–Crippen LogP) is 4.83. The number of nitrogens with one attached hydrogen (secondary N) is 1. The van der Waals surface area contributed by atoms with Crippen LogP contribution in [0.5, 0.6) is 11.5 Å².